The highest BCUT2D eigenvalue weighted by Crippen LogP contribution is 2.27. The quantitative estimate of drug-likeness (QED) is 0.644. The summed E-state index contributed by atoms with van der Waals surface area (Å²) >= 11 is 6.14. The molecule has 2 aliphatic heterocycles. The van der Waals surface area contributed by atoms with Crippen molar-refractivity contribution in [3.05, 3.63) is 28.8 Å². The van der Waals surface area contributed by atoms with E-state index in [0.717, 1.165) is 6.26 Å². The number of methoxy groups -OCH3 is 1. The molecule has 158 valence electrons. The fourth-order valence-corrected chi connectivity index (χ4v) is 4.54. The second kappa shape index (κ2) is 8.19. The Morgan fingerprint density at radius 3 is 2.45 bits per heavy atom. The maximum atomic E-state index is 12.8. The largest absolute Gasteiger partial charge is 0.467 e. The van der Waals surface area contributed by atoms with Crippen LogP contribution in [0.3, 0.4) is 0 Å². The topological polar surface area (TPSA) is 110 Å². The van der Waals surface area contributed by atoms with Gasteiger partial charge in [0, 0.05) is 25.4 Å². The van der Waals surface area contributed by atoms with E-state index < -0.39 is 27.9 Å². The van der Waals surface area contributed by atoms with E-state index in [1.165, 1.54) is 30.2 Å². The van der Waals surface area contributed by atoms with E-state index in [4.69, 9.17) is 21.1 Å². The van der Waals surface area contributed by atoms with E-state index in [0.29, 0.717) is 25.9 Å². The molecular formula is C18H21ClN2O7S. The molecule has 0 radical (unpaired) electrons. The summed E-state index contributed by atoms with van der Waals surface area (Å²) in [5, 5.41) is 0.0638. The van der Waals surface area contributed by atoms with Gasteiger partial charge in [0.2, 0.25) is 0 Å². The van der Waals surface area contributed by atoms with Crippen LogP contribution >= 0.6 is 11.6 Å². The molecule has 1 atom stereocenters. The van der Waals surface area contributed by atoms with Gasteiger partial charge in [0.05, 0.1) is 22.6 Å². The van der Waals surface area contributed by atoms with Crippen molar-refractivity contribution in [2.24, 2.45) is 0 Å². The number of piperidine rings is 1. The molecule has 29 heavy (non-hydrogen) atoms. The van der Waals surface area contributed by atoms with Crippen molar-refractivity contribution in [1.82, 2.24) is 9.80 Å². The first kappa shape index (κ1) is 21.4. The van der Waals surface area contributed by atoms with Gasteiger partial charge in [-0.25, -0.2) is 18.0 Å². The van der Waals surface area contributed by atoms with Crippen LogP contribution in [-0.4, -0.2) is 81.3 Å². The fourth-order valence-electron chi connectivity index (χ4n) is 3.57. The van der Waals surface area contributed by atoms with Gasteiger partial charge in [0.25, 0.3) is 5.91 Å². The molecular weight excluding hydrogens is 424 g/mol. The summed E-state index contributed by atoms with van der Waals surface area (Å²) in [6.07, 6.45) is 1.43. The zero-order valence-corrected chi connectivity index (χ0v) is 17.5. The third-order valence-electron chi connectivity index (χ3n) is 5.13. The zero-order valence-electron chi connectivity index (χ0n) is 16.0. The molecule has 2 aliphatic rings. The predicted octanol–water partition coefficient (Wildman–Crippen LogP) is 1.34. The molecule has 2 fully saturated rings. The molecule has 9 nitrogen and oxygen atoms in total. The van der Waals surface area contributed by atoms with Gasteiger partial charge in [-0.05, 0) is 31.0 Å². The average molecular weight is 445 g/mol. The van der Waals surface area contributed by atoms with Crippen LogP contribution in [0.15, 0.2) is 23.1 Å². The molecule has 11 heteroatoms. The molecule has 0 aromatic heterocycles. The lowest BCUT2D eigenvalue weighted by Gasteiger charge is -2.37. The van der Waals surface area contributed by atoms with Crippen LogP contribution < -0.4 is 0 Å². The Morgan fingerprint density at radius 1 is 1.24 bits per heavy atom. The molecule has 1 aromatic rings. The Hall–Kier alpha value is -2.33. The molecule has 0 spiro atoms. The molecule has 2 amide bonds. The lowest BCUT2D eigenvalue weighted by molar-refractivity contribution is -0.145. The lowest BCUT2D eigenvalue weighted by Crippen LogP contribution is -2.52. The SMILES string of the molecule is COC(=O)C1COC(=O)N1C1CCN(C(=O)c2ccc(S(C)(=O)=O)cc2Cl)CC1. The van der Waals surface area contributed by atoms with Crippen molar-refractivity contribution in [1.29, 1.82) is 0 Å². The number of ether oxygens (including phenoxy) is 2. The molecule has 2 heterocycles. The first-order valence-corrected chi connectivity index (χ1v) is 11.2. The second-order valence-electron chi connectivity index (χ2n) is 6.96. The van der Waals surface area contributed by atoms with Gasteiger partial charge in [-0.1, -0.05) is 11.6 Å². The number of sulfone groups is 1. The van der Waals surface area contributed by atoms with Crippen LogP contribution in [0.1, 0.15) is 23.2 Å². The maximum absolute atomic E-state index is 12.8. The number of esters is 1. The number of amides is 2. The second-order valence-corrected chi connectivity index (χ2v) is 9.38. The Balaban J connectivity index is 1.68. The van der Waals surface area contributed by atoms with Gasteiger partial charge in [0.15, 0.2) is 15.9 Å². The van der Waals surface area contributed by atoms with Gasteiger partial charge in [0.1, 0.15) is 6.61 Å². The fraction of sp³-hybridized carbons (Fsp3) is 0.500. The zero-order chi connectivity index (χ0) is 21.3. The van der Waals surface area contributed by atoms with Crippen molar-refractivity contribution in [3.8, 4) is 0 Å². The van der Waals surface area contributed by atoms with Gasteiger partial charge in [-0.2, -0.15) is 0 Å². The van der Waals surface area contributed by atoms with Crippen molar-refractivity contribution < 1.29 is 32.3 Å². The van der Waals surface area contributed by atoms with Crippen molar-refractivity contribution in [2.45, 2.75) is 29.8 Å². The highest BCUT2D eigenvalue weighted by atomic mass is 35.5. The molecule has 1 unspecified atom stereocenters. The average Bonchev–Trinajstić information content (AvgIpc) is 3.07. The Bertz CT molecular complexity index is 942. The number of benzene rings is 1. The molecule has 0 N–H and O–H groups in total. The number of hydrogen-bond donors (Lipinski definition) is 0. The molecule has 0 bridgehead atoms. The predicted molar refractivity (Wildman–Crippen MR) is 102 cm³/mol. The molecule has 0 saturated carbocycles. The van der Waals surface area contributed by atoms with Crippen molar-refractivity contribution >= 4 is 39.4 Å². The molecule has 0 aliphatic carbocycles. The summed E-state index contributed by atoms with van der Waals surface area (Å²) < 4.78 is 33.0. The van der Waals surface area contributed by atoms with E-state index in [2.05, 4.69) is 0 Å². The van der Waals surface area contributed by atoms with Crippen molar-refractivity contribution in [2.75, 3.05) is 33.1 Å². The van der Waals surface area contributed by atoms with E-state index in [-0.39, 0.29) is 34.0 Å². The van der Waals surface area contributed by atoms with Crippen LogP contribution in [0, 0.1) is 0 Å². The smallest absolute Gasteiger partial charge is 0.410 e. The number of carbonyl (C=O) groups excluding carboxylic acids is 3. The first-order chi connectivity index (χ1) is 13.6. The van der Waals surface area contributed by atoms with E-state index in [1.807, 2.05) is 0 Å². The molecule has 3 rings (SSSR count). The number of carbonyl (C=O) groups is 3. The number of hydrogen-bond acceptors (Lipinski definition) is 7. The summed E-state index contributed by atoms with van der Waals surface area (Å²) in [7, 11) is -2.17. The normalized spacial score (nSPS) is 20.5. The number of nitrogens with zero attached hydrogens (tertiary/aromatic N) is 2. The van der Waals surface area contributed by atoms with Crippen LogP contribution in [0.4, 0.5) is 4.79 Å². The number of likely N-dealkylation sites (tertiary alicyclic amines) is 1. The Morgan fingerprint density at radius 2 is 1.90 bits per heavy atom. The van der Waals surface area contributed by atoms with Crippen LogP contribution in [-0.2, 0) is 24.1 Å². The third kappa shape index (κ3) is 4.32. The molecule has 1 aromatic carbocycles. The first-order valence-electron chi connectivity index (χ1n) is 8.95. The highest BCUT2D eigenvalue weighted by molar-refractivity contribution is 7.90. The minimum Gasteiger partial charge on any atom is -0.467 e. The van der Waals surface area contributed by atoms with E-state index in [1.54, 1.807) is 4.90 Å². The summed E-state index contributed by atoms with van der Waals surface area (Å²) in [6.45, 7) is 0.656. The maximum Gasteiger partial charge on any atom is 0.410 e. The molecule has 2 saturated heterocycles. The van der Waals surface area contributed by atoms with Crippen molar-refractivity contribution in [3.63, 3.8) is 0 Å². The lowest BCUT2D eigenvalue weighted by atomic mass is 10.0. The minimum absolute atomic E-state index is 0.0409. The van der Waals surface area contributed by atoms with Gasteiger partial charge >= 0.3 is 12.1 Å². The van der Waals surface area contributed by atoms with Gasteiger partial charge in [-0.15, -0.1) is 0 Å². The summed E-state index contributed by atoms with van der Waals surface area (Å²) in [5.41, 5.74) is 0.213. The van der Waals surface area contributed by atoms with E-state index in [9.17, 15) is 22.8 Å². The summed E-state index contributed by atoms with van der Waals surface area (Å²) in [6, 6.07) is 2.98. The van der Waals surface area contributed by atoms with Crippen LogP contribution in [0.2, 0.25) is 5.02 Å². The summed E-state index contributed by atoms with van der Waals surface area (Å²) in [4.78, 5) is 39.8. The number of cyclic esters (lactones) is 1. The van der Waals surface area contributed by atoms with Crippen LogP contribution in [0.25, 0.3) is 0 Å². The monoisotopic (exact) mass is 444 g/mol. The number of halogens is 1. The third-order valence-corrected chi connectivity index (χ3v) is 6.55. The van der Waals surface area contributed by atoms with Gasteiger partial charge < -0.3 is 14.4 Å². The Labute approximate surface area is 173 Å². The number of rotatable bonds is 4. The standard InChI is InChI=1S/C18H21ClN2O7S/c1-27-17(23)15-10-28-18(24)21(15)11-5-7-20(8-6-11)16(22)13-4-3-12(9-14(13)19)29(2,25)26/h3-4,9,11,15H,5-8,10H2,1-2H3. The highest BCUT2D eigenvalue weighted by Gasteiger charge is 2.44. The minimum atomic E-state index is -3.43. The van der Waals surface area contributed by atoms with Gasteiger partial charge in [-0.3, -0.25) is 9.69 Å². The van der Waals surface area contributed by atoms with E-state index >= 15 is 0 Å². The van der Waals surface area contributed by atoms with Crippen LogP contribution in [0.5, 0.6) is 0 Å². The Kier molecular flexibility index (Phi) is 6.04. The summed E-state index contributed by atoms with van der Waals surface area (Å²) in [5.74, 6) is -0.853.